The van der Waals surface area contributed by atoms with Gasteiger partial charge in [-0.2, -0.15) is 0 Å². The number of benzene rings is 1. The molecule has 1 spiro atoms. The van der Waals surface area contributed by atoms with Gasteiger partial charge in [0.05, 0.1) is 53.8 Å². The average molecular weight is 686 g/mol. The number of nitrogens with zero attached hydrogens (tertiary/aromatic N) is 3. The molecule has 49 heavy (non-hydrogen) atoms. The van der Waals surface area contributed by atoms with Gasteiger partial charge in [0.2, 0.25) is 0 Å². The van der Waals surface area contributed by atoms with Crippen molar-refractivity contribution in [1.29, 1.82) is 0 Å². The molecule has 2 unspecified atom stereocenters. The molecule has 10 atom stereocenters. The van der Waals surface area contributed by atoms with Crippen molar-refractivity contribution in [3.63, 3.8) is 0 Å². The molecule has 12 nitrogen and oxygen atoms in total. The fraction of sp³-hybridized carbons (Fsp3) is 0.784. The predicted octanol–water partition coefficient (Wildman–Crippen LogP) is 4.64. The van der Waals surface area contributed by atoms with Gasteiger partial charge in [-0.25, -0.2) is 4.68 Å². The first-order valence-corrected chi connectivity index (χ1v) is 17.9. The number of hydrogen-bond donors (Lipinski definition) is 1. The van der Waals surface area contributed by atoms with Crippen LogP contribution in [-0.4, -0.2) is 104 Å². The van der Waals surface area contributed by atoms with Gasteiger partial charge < -0.3 is 43.0 Å². The summed E-state index contributed by atoms with van der Waals surface area (Å²) in [5, 5.41) is 22.3. The summed E-state index contributed by atoms with van der Waals surface area (Å²) in [6.45, 7) is 7.72. The van der Waals surface area contributed by atoms with Gasteiger partial charge in [-0.1, -0.05) is 42.5 Å². The third kappa shape index (κ3) is 5.79. The van der Waals surface area contributed by atoms with Gasteiger partial charge in [-0.05, 0) is 57.4 Å². The fourth-order valence-electron chi connectivity index (χ4n) is 11.1. The molecule has 0 bridgehead atoms. The minimum absolute atomic E-state index is 0.0141. The quantitative estimate of drug-likeness (QED) is 0.314. The van der Waals surface area contributed by atoms with E-state index in [9.17, 15) is 5.11 Å². The molecule has 272 valence electrons. The highest BCUT2D eigenvalue weighted by atomic mass is 16.7. The van der Waals surface area contributed by atoms with Crippen LogP contribution in [0.4, 0.5) is 0 Å². The van der Waals surface area contributed by atoms with E-state index in [0.717, 1.165) is 25.0 Å². The highest BCUT2D eigenvalue weighted by Gasteiger charge is 2.78. The second-order valence-electron chi connectivity index (χ2n) is 15.8. The van der Waals surface area contributed by atoms with Gasteiger partial charge >= 0.3 is 0 Å². The Hall–Kier alpha value is -2.00. The number of methoxy groups -OCH3 is 3. The maximum absolute atomic E-state index is 13.0. The highest BCUT2D eigenvalue weighted by Crippen LogP contribution is 2.73. The number of fused-ring (bicyclic) bond motifs is 3. The lowest BCUT2D eigenvalue weighted by molar-refractivity contribution is -0.408. The smallest absolute Gasteiger partial charge is 0.163 e. The van der Waals surface area contributed by atoms with E-state index in [-0.39, 0.29) is 61.9 Å². The highest BCUT2D eigenvalue weighted by molar-refractivity contribution is 5.29. The van der Waals surface area contributed by atoms with Crippen molar-refractivity contribution < 1.29 is 43.0 Å². The molecular weight excluding hydrogens is 630 g/mol. The summed E-state index contributed by atoms with van der Waals surface area (Å²) in [6, 6.07) is 10.3. The minimum atomic E-state index is -1.12. The van der Waals surface area contributed by atoms with Crippen LogP contribution in [0.3, 0.4) is 0 Å². The van der Waals surface area contributed by atoms with Crippen LogP contribution in [0.2, 0.25) is 0 Å². The van der Waals surface area contributed by atoms with Crippen LogP contribution in [0.5, 0.6) is 0 Å². The van der Waals surface area contributed by atoms with Crippen molar-refractivity contribution in [2.24, 2.45) is 22.7 Å². The van der Waals surface area contributed by atoms with Crippen LogP contribution in [0, 0.1) is 22.7 Å². The summed E-state index contributed by atoms with van der Waals surface area (Å²) in [4.78, 5) is 0. The minimum Gasteiger partial charge on any atom is -0.389 e. The molecule has 5 aliphatic rings. The second-order valence-corrected chi connectivity index (χ2v) is 15.8. The predicted molar refractivity (Wildman–Crippen MR) is 177 cm³/mol. The van der Waals surface area contributed by atoms with Gasteiger partial charge in [0.1, 0.15) is 20.4 Å². The molecule has 0 radical (unpaired) electrons. The summed E-state index contributed by atoms with van der Waals surface area (Å²) >= 11 is 0. The Morgan fingerprint density at radius 2 is 1.69 bits per heavy atom. The molecular formula is C37H55N3O9. The SMILES string of the molecule is COCO[C@H]1C[C@H]2OC(C)(C)OC[C@]23C2C(CC[C@]3(O)C1)[C@@]1(OCOC)CC[C@H](c3cn(Cc4ccccc4)nn3)[C@@]1(C)C[C@@H]2OCOC. The van der Waals surface area contributed by atoms with Crippen LogP contribution in [0.25, 0.3) is 0 Å². The van der Waals surface area contributed by atoms with Crippen molar-refractivity contribution in [3.8, 4) is 0 Å². The van der Waals surface area contributed by atoms with E-state index < -0.39 is 22.4 Å². The van der Waals surface area contributed by atoms with Crippen molar-refractivity contribution in [2.45, 2.75) is 113 Å². The van der Waals surface area contributed by atoms with E-state index in [4.69, 9.17) is 43.0 Å². The monoisotopic (exact) mass is 685 g/mol. The second kappa shape index (κ2) is 13.5. The third-order valence-corrected chi connectivity index (χ3v) is 13.0. The summed E-state index contributed by atoms with van der Waals surface area (Å²) in [5.74, 6) is -0.870. The lowest BCUT2D eigenvalue weighted by Gasteiger charge is -2.71. The Morgan fingerprint density at radius 3 is 2.45 bits per heavy atom. The molecule has 4 saturated carbocycles. The van der Waals surface area contributed by atoms with E-state index in [1.165, 1.54) is 5.56 Å². The molecule has 12 heteroatoms. The van der Waals surface area contributed by atoms with Crippen LogP contribution in [0.15, 0.2) is 36.5 Å². The maximum Gasteiger partial charge on any atom is 0.163 e. The summed E-state index contributed by atoms with van der Waals surface area (Å²) < 4.78 is 51.8. The molecule has 2 aromatic rings. The Balaban J connectivity index is 1.30. The zero-order valence-electron chi connectivity index (χ0n) is 30.0. The standard InChI is InChI=1S/C37H55N3O9/c1-33(2)47-21-36-31(49-33)16-26(45-22-42-4)17-35(36,41)14-12-28-32(36)30(46-23-43-5)18-34(3)27(13-15-37(28,34)48-24-44-6)29-20-40(39-38-29)19-25-10-8-7-9-11-25/h7-11,20,26-28,30-32,41H,12-19,21-24H2,1-6H3/t26-,27+,28?,30-,31+,32?,34+,35-,36+,37-/m0/s1. The number of rotatable bonds is 12. The topological polar surface area (TPSA) is 125 Å². The van der Waals surface area contributed by atoms with Gasteiger partial charge in [-0.3, -0.25) is 0 Å². The molecule has 4 aliphatic carbocycles. The first-order valence-electron chi connectivity index (χ1n) is 17.9. The molecule has 7 rings (SSSR count). The zero-order valence-corrected chi connectivity index (χ0v) is 30.0. The first-order chi connectivity index (χ1) is 23.5. The maximum atomic E-state index is 13.0. The van der Waals surface area contributed by atoms with E-state index in [1.807, 2.05) is 36.7 Å². The molecule has 2 heterocycles. The number of aliphatic hydroxyl groups is 1. The number of aromatic nitrogens is 3. The summed E-state index contributed by atoms with van der Waals surface area (Å²) in [7, 11) is 4.96. The first kappa shape index (κ1) is 35.4. The van der Waals surface area contributed by atoms with E-state index >= 15 is 0 Å². The summed E-state index contributed by atoms with van der Waals surface area (Å²) in [6.07, 6.45) is 6.07. The zero-order chi connectivity index (χ0) is 34.5. The Morgan fingerprint density at radius 1 is 0.939 bits per heavy atom. The average Bonchev–Trinajstić information content (AvgIpc) is 3.65. The van der Waals surface area contributed by atoms with Crippen molar-refractivity contribution in [3.05, 3.63) is 47.8 Å². The van der Waals surface area contributed by atoms with Crippen LogP contribution >= 0.6 is 0 Å². The molecule has 1 aromatic carbocycles. The third-order valence-electron chi connectivity index (χ3n) is 13.0. The van der Waals surface area contributed by atoms with Crippen LogP contribution in [-0.2, 0) is 44.4 Å². The molecule has 5 fully saturated rings. The van der Waals surface area contributed by atoms with Crippen LogP contribution < -0.4 is 0 Å². The van der Waals surface area contributed by atoms with Gasteiger partial charge in [-0.15, -0.1) is 5.10 Å². The molecule has 1 N–H and O–H groups in total. The lowest BCUT2D eigenvalue weighted by Crippen LogP contribution is -2.78. The largest absolute Gasteiger partial charge is 0.389 e. The van der Waals surface area contributed by atoms with E-state index in [1.54, 1.807) is 21.3 Å². The molecule has 1 saturated heterocycles. The molecule has 1 aliphatic heterocycles. The molecule has 0 amide bonds. The van der Waals surface area contributed by atoms with Crippen molar-refractivity contribution >= 4 is 0 Å². The number of ether oxygens (including phenoxy) is 8. The van der Waals surface area contributed by atoms with Crippen LogP contribution in [0.1, 0.15) is 82.9 Å². The Labute approximate surface area is 290 Å². The van der Waals surface area contributed by atoms with Gasteiger partial charge in [0.25, 0.3) is 0 Å². The number of hydrogen-bond acceptors (Lipinski definition) is 11. The van der Waals surface area contributed by atoms with E-state index in [0.29, 0.717) is 38.8 Å². The molecule has 1 aromatic heterocycles. The Kier molecular flexibility index (Phi) is 9.77. The fourth-order valence-corrected chi connectivity index (χ4v) is 11.1. The Bertz CT molecular complexity index is 1430. The van der Waals surface area contributed by atoms with Gasteiger partial charge in [0, 0.05) is 57.6 Å². The van der Waals surface area contributed by atoms with Crippen molar-refractivity contribution in [2.75, 3.05) is 48.3 Å². The van der Waals surface area contributed by atoms with E-state index in [2.05, 4.69) is 30.5 Å². The van der Waals surface area contributed by atoms with Crippen molar-refractivity contribution in [1.82, 2.24) is 15.0 Å². The normalized spacial score (nSPS) is 41.0. The lowest BCUT2D eigenvalue weighted by atomic mass is 9.40. The van der Waals surface area contributed by atoms with Gasteiger partial charge in [0.15, 0.2) is 5.79 Å². The summed E-state index contributed by atoms with van der Waals surface area (Å²) in [5.41, 5.74) is -0.697.